The molecule has 0 aliphatic heterocycles. The fourth-order valence-corrected chi connectivity index (χ4v) is 2.84. The largest absolute Gasteiger partial charge is 0.274 e. The number of aryl methyl sites for hydroxylation is 1. The zero-order valence-corrected chi connectivity index (χ0v) is 14.0. The summed E-state index contributed by atoms with van der Waals surface area (Å²) >= 11 is 11.7. The second kappa shape index (κ2) is 7.16. The van der Waals surface area contributed by atoms with Gasteiger partial charge in [-0.1, -0.05) is 41.9 Å². The van der Waals surface area contributed by atoms with Crippen LogP contribution in [0, 0.1) is 0 Å². The molecule has 0 spiro atoms. The van der Waals surface area contributed by atoms with Gasteiger partial charge in [0.2, 0.25) is 0 Å². The topological polar surface area (TPSA) is 34.9 Å². The summed E-state index contributed by atoms with van der Waals surface area (Å²) in [6, 6.07) is 15.3. The molecule has 0 amide bonds. The van der Waals surface area contributed by atoms with Gasteiger partial charge in [-0.25, -0.2) is 4.68 Å². The third-order valence-electron chi connectivity index (χ3n) is 3.73. The van der Waals surface area contributed by atoms with Crippen LogP contribution in [0.2, 0.25) is 5.02 Å². The number of aromatic nitrogens is 2. The molecule has 3 nitrogen and oxygen atoms in total. The molecule has 118 valence electrons. The molecule has 0 radical (unpaired) electrons. The molecule has 0 unspecified atom stereocenters. The van der Waals surface area contributed by atoms with Crippen LogP contribution in [0.15, 0.2) is 53.3 Å². The second-order valence-corrected chi connectivity index (χ2v) is 6.18. The minimum atomic E-state index is -0.0643. The molecule has 3 aromatic rings. The van der Waals surface area contributed by atoms with E-state index in [0.29, 0.717) is 35.7 Å². The molecule has 0 bridgehead atoms. The molecule has 0 fully saturated rings. The van der Waals surface area contributed by atoms with E-state index in [-0.39, 0.29) is 5.56 Å². The van der Waals surface area contributed by atoms with Gasteiger partial charge in [0.25, 0.3) is 5.56 Å². The van der Waals surface area contributed by atoms with Crippen molar-refractivity contribution in [1.82, 2.24) is 9.78 Å². The van der Waals surface area contributed by atoms with Gasteiger partial charge in [0.05, 0.1) is 11.1 Å². The maximum absolute atomic E-state index is 12.5. The van der Waals surface area contributed by atoms with Crippen LogP contribution in [0.1, 0.15) is 17.7 Å². The maximum atomic E-state index is 12.5. The highest BCUT2D eigenvalue weighted by Gasteiger charge is 2.10. The van der Waals surface area contributed by atoms with E-state index in [9.17, 15) is 4.79 Å². The van der Waals surface area contributed by atoms with Crippen LogP contribution >= 0.6 is 23.2 Å². The number of nitrogens with zero attached hydrogens (tertiary/aromatic N) is 2. The predicted molar refractivity (Wildman–Crippen MR) is 95.6 cm³/mol. The fourth-order valence-electron chi connectivity index (χ4n) is 2.59. The summed E-state index contributed by atoms with van der Waals surface area (Å²) < 4.78 is 1.52. The van der Waals surface area contributed by atoms with Crippen molar-refractivity contribution in [3.8, 4) is 0 Å². The molecule has 0 aliphatic carbocycles. The van der Waals surface area contributed by atoms with E-state index in [1.165, 1.54) is 4.68 Å². The van der Waals surface area contributed by atoms with E-state index >= 15 is 0 Å². The first-order valence-corrected chi connectivity index (χ1v) is 8.39. The standard InChI is InChI=1S/C18H16Cl2N2O/c19-10-3-11-22-18(23)16-5-2-1-4-15(16)17(21-22)12-13-6-8-14(20)9-7-13/h1-2,4-9H,3,10-12H2. The Morgan fingerprint density at radius 2 is 1.70 bits per heavy atom. The summed E-state index contributed by atoms with van der Waals surface area (Å²) in [4.78, 5) is 12.5. The molecule has 23 heavy (non-hydrogen) atoms. The Morgan fingerprint density at radius 1 is 1.00 bits per heavy atom. The summed E-state index contributed by atoms with van der Waals surface area (Å²) in [7, 11) is 0. The first-order chi connectivity index (χ1) is 11.2. The minimum Gasteiger partial charge on any atom is -0.267 e. The molecular formula is C18H16Cl2N2O. The number of fused-ring (bicyclic) bond motifs is 1. The summed E-state index contributed by atoms with van der Waals surface area (Å²) in [6.45, 7) is 0.529. The van der Waals surface area contributed by atoms with E-state index in [2.05, 4.69) is 5.10 Å². The zero-order chi connectivity index (χ0) is 16.2. The van der Waals surface area contributed by atoms with Gasteiger partial charge in [0.15, 0.2) is 0 Å². The predicted octanol–water partition coefficient (Wildman–Crippen LogP) is 4.27. The Kier molecular flexibility index (Phi) is 4.99. The highest BCUT2D eigenvalue weighted by atomic mass is 35.5. The van der Waals surface area contributed by atoms with Gasteiger partial charge in [0.1, 0.15) is 0 Å². The molecule has 1 aromatic heterocycles. The lowest BCUT2D eigenvalue weighted by atomic mass is 10.0. The SMILES string of the molecule is O=c1c2ccccc2c(Cc2ccc(Cl)cc2)nn1CCCCl. The van der Waals surface area contributed by atoms with Crippen molar-refractivity contribution in [2.45, 2.75) is 19.4 Å². The molecule has 0 atom stereocenters. The van der Waals surface area contributed by atoms with Crippen molar-refractivity contribution < 1.29 is 0 Å². The van der Waals surface area contributed by atoms with Gasteiger partial charge in [0, 0.05) is 29.3 Å². The average Bonchev–Trinajstić information content (AvgIpc) is 2.58. The quantitative estimate of drug-likeness (QED) is 0.646. The van der Waals surface area contributed by atoms with Gasteiger partial charge in [-0.3, -0.25) is 4.79 Å². The first-order valence-electron chi connectivity index (χ1n) is 7.48. The Bertz CT molecular complexity index is 872. The summed E-state index contributed by atoms with van der Waals surface area (Å²) in [5, 5.41) is 6.87. The first kappa shape index (κ1) is 16.0. The third-order valence-corrected chi connectivity index (χ3v) is 4.25. The number of benzene rings is 2. The van der Waals surface area contributed by atoms with Crippen molar-refractivity contribution in [3.63, 3.8) is 0 Å². The van der Waals surface area contributed by atoms with E-state index in [4.69, 9.17) is 23.2 Å². The minimum absolute atomic E-state index is 0.0643. The van der Waals surface area contributed by atoms with E-state index in [1.54, 1.807) is 0 Å². The van der Waals surface area contributed by atoms with Crippen LogP contribution in [-0.4, -0.2) is 15.7 Å². The van der Waals surface area contributed by atoms with Crippen LogP contribution in [-0.2, 0) is 13.0 Å². The Hall–Kier alpha value is -1.84. The molecule has 3 rings (SSSR count). The maximum Gasteiger partial charge on any atom is 0.274 e. The van der Waals surface area contributed by atoms with Crippen LogP contribution in [0.4, 0.5) is 0 Å². The summed E-state index contributed by atoms with van der Waals surface area (Å²) in [5.74, 6) is 0.507. The number of alkyl halides is 1. The van der Waals surface area contributed by atoms with Crippen molar-refractivity contribution in [2.75, 3.05) is 5.88 Å². The molecule has 2 aromatic carbocycles. The van der Waals surface area contributed by atoms with Gasteiger partial charge in [-0.05, 0) is 30.2 Å². The van der Waals surface area contributed by atoms with E-state index in [0.717, 1.165) is 16.6 Å². The molecule has 0 saturated heterocycles. The molecule has 0 aliphatic rings. The van der Waals surface area contributed by atoms with Crippen LogP contribution in [0.3, 0.4) is 0 Å². The Morgan fingerprint density at radius 3 is 2.39 bits per heavy atom. The number of hydrogen-bond acceptors (Lipinski definition) is 2. The smallest absolute Gasteiger partial charge is 0.267 e. The van der Waals surface area contributed by atoms with Crippen LogP contribution in [0.5, 0.6) is 0 Å². The van der Waals surface area contributed by atoms with Gasteiger partial charge in [-0.15, -0.1) is 11.6 Å². The number of halogens is 2. The highest BCUT2D eigenvalue weighted by Crippen LogP contribution is 2.18. The third kappa shape index (κ3) is 3.57. The molecule has 5 heteroatoms. The monoisotopic (exact) mass is 346 g/mol. The molecule has 0 saturated carbocycles. The highest BCUT2D eigenvalue weighted by molar-refractivity contribution is 6.30. The lowest BCUT2D eigenvalue weighted by Crippen LogP contribution is -2.25. The van der Waals surface area contributed by atoms with Crippen molar-refractivity contribution in [1.29, 1.82) is 0 Å². The summed E-state index contributed by atoms with van der Waals surface area (Å²) in [6.07, 6.45) is 1.37. The van der Waals surface area contributed by atoms with E-state index in [1.807, 2.05) is 48.5 Å². The molecule has 0 N–H and O–H groups in total. The Labute approximate surface area is 144 Å². The number of rotatable bonds is 5. The van der Waals surface area contributed by atoms with Crippen LogP contribution < -0.4 is 5.56 Å². The van der Waals surface area contributed by atoms with Crippen LogP contribution in [0.25, 0.3) is 10.8 Å². The van der Waals surface area contributed by atoms with Crippen molar-refractivity contribution >= 4 is 34.0 Å². The lowest BCUT2D eigenvalue weighted by Gasteiger charge is -2.11. The fraction of sp³-hybridized carbons (Fsp3) is 0.222. The molecule has 1 heterocycles. The Balaban J connectivity index is 2.08. The van der Waals surface area contributed by atoms with Gasteiger partial charge < -0.3 is 0 Å². The number of hydrogen-bond donors (Lipinski definition) is 0. The zero-order valence-electron chi connectivity index (χ0n) is 12.5. The van der Waals surface area contributed by atoms with Gasteiger partial charge >= 0.3 is 0 Å². The lowest BCUT2D eigenvalue weighted by molar-refractivity contribution is 0.566. The van der Waals surface area contributed by atoms with E-state index < -0.39 is 0 Å². The average molecular weight is 347 g/mol. The van der Waals surface area contributed by atoms with Gasteiger partial charge in [-0.2, -0.15) is 5.10 Å². The van der Waals surface area contributed by atoms with Crippen molar-refractivity contribution in [3.05, 3.63) is 75.2 Å². The second-order valence-electron chi connectivity index (χ2n) is 5.37. The normalized spacial score (nSPS) is 11.0. The van der Waals surface area contributed by atoms with Crippen molar-refractivity contribution in [2.24, 2.45) is 0 Å². The molecular weight excluding hydrogens is 331 g/mol. The summed E-state index contributed by atoms with van der Waals surface area (Å²) in [5.41, 5.74) is 1.93.